The van der Waals surface area contributed by atoms with Gasteiger partial charge in [-0.25, -0.2) is 0 Å². The molecule has 0 atom stereocenters. The first-order valence-corrected chi connectivity index (χ1v) is 9.64. The molecular weight excluding hydrogens is 360 g/mol. The lowest BCUT2D eigenvalue weighted by molar-refractivity contribution is -0.121. The van der Waals surface area contributed by atoms with E-state index in [1.165, 1.54) is 12.8 Å². The number of carbonyl (C=O) groups excluding carboxylic acids is 1. The van der Waals surface area contributed by atoms with Gasteiger partial charge in [0.25, 0.3) is 5.56 Å². The third kappa shape index (κ3) is 5.31. The van der Waals surface area contributed by atoms with Crippen LogP contribution in [0.2, 0.25) is 0 Å². The molecule has 1 heterocycles. The van der Waals surface area contributed by atoms with Crippen LogP contribution in [0.1, 0.15) is 38.3 Å². The smallest absolute Gasteiger partial charge is 0.273 e. The predicted octanol–water partition coefficient (Wildman–Crippen LogP) is 2.09. The molecule has 0 saturated heterocycles. The Hall–Kier alpha value is -2.90. The van der Waals surface area contributed by atoms with Crippen molar-refractivity contribution in [1.82, 2.24) is 20.5 Å². The number of ether oxygens (including phenoxy) is 2. The molecule has 1 aromatic heterocycles. The standard InChI is InChI=1S/C20H26N4O4/c1-3-10-28-16-8-6-14(11-17(16)27-2)19-22-20(26)15(23-24-19)7-9-18(25)21-12-13-4-5-13/h6,8,11,13H,3-5,7,9-10,12H2,1-2H3,(H,21,25)(H,22,24,26). The van der Waals surface area contributed by atoms with Crippen molar-refractivity contribution in [1.29, 1.82) is 0 Å². The second kappa shape index (κ2) is 9.34. The second-order valence-corrected chi connectivity index (χ2v) is 6.91. The Morgan fingerprint density at radius 2 is 2.11 bits per heavy atom. The maximum Gasteiger partial charge on any atom is 0.273 e. The minimum Gasteiger partial charge on any atom is -0.493 e. The van der Waals surface area contributed by atoms with E-state index in [4.69, 9.17) is 9.47 Å². The van der Waals surface area contributed by atoms with Gasteiger partial charge < -0.3 is 19.8 Å². The molecule has 1 fully saturated rings. The quantitative estimate of drug-likeness (QED) is 0.648. The number of nitrogens with one attached hydrogen (secondary N) is 2. The Labute approximate surface area is 163 Å². The van der Waals surface area contributed by atoms with E-state index < -0.39 is 0 Å². The number of methoxy groups -OCH3 is 1. The molecule has 28 heavy (non-hydrogen) atoms. The number of H-pyrrole nitrogens is 1. The summed E-state index contributed by atoms with van der Waals surface area (Å²) in [5.74, 6) is 2.10. The zero-order chi connectivity index (χ0) is 19.9. The highest BCUT2D eigenvalue weighted by atomic mass is 16.5. The minimum absolute atomic E-state index is 0.0652. The molecule has 0 spiro atoms. The van der Waals surface area contributed by atoms with Crippen molar-refractivity contribution in [2.45, 2.75) is 39.0 Å². The summed E-state index contributed by atoms with van der Waals surface area (Å²) in [7, 11) is 1.56. The first-order valence-electron chi connectivity index (χ1n) is 9.64. The highest BCUT2D eigenvalue weighted by molar-refractivity contribution is 5.76. The van der Waals surface area contributed by atoms with Crippen LogP contribution >= 0.6 is 0 Å². The summed E-state index contributed by atoms with van der Waals surface area (Å²) in [5.41, 5.74) is 0.574. The van der Waals surface area contributed by atoms with Gasteiger partial charge in [0.05, 0.1) is 13.7 Å². The first kappa shape index (κ1) is 19.9. The Morgan fingerprint density at radius 1 is 1.29 bits per heavy atom. The number of aryl methyl sites for hydroxylation is 1. The Morgan fingerprint density at radius 3 is 2.79 bits per heavy atom. The van der Waals surface area contributed by atoms with Gasteiger partial charge in [0, 0.05) is 24.9 Å². The lowest BCUT2D eigenvalue weighted by Gasteiger charge is -2.11. The zero-order valence-electron chi connectivity index (χ0n) is 16.3. The number of carbonyl (C=O) groups is 1. The fourth-order valence-electron chi connectivity index (χ4n) is 2.70. The number of hydrogen-bond donors (Lipinski definition) is 2. The van der Waals surface area contributed by atoms with E-state index in [0.29, 0.717) is 35.4 Å². The van der Waals surface area contributed by atoms with E-state index in [2.05, 4.69) is 20.5 Å². The lowest BCUT2D eigenvalue weighted by atomic mass is 10.2. The maximum atomic E-state index is 12.3. The van der Waals surface area contributed by atoms with Crippen LogP contribution < -0.4 is 20.3 Å². The van der Waals surface area contributed by atoms with Gasteiger partial charge in [-0.05, 0) is 43.4 Å². The summed E-state index contributed by atoms with van der Waals surface area (Å²) in [6, 6.07) is 5.32. The number of aromatic nitrogens is 3. The number of amides is 1. The summed E-state index contributed by atoms with van der Waals surface area (Å²) in [6.45, 7) is 3.34. The molecule has 3 rings (SSSR count). The third-order valence-corrected chi connectivity index (χ3v) is 4.54. The van der Waals surface area contributed by atoms with Gasteiger partial charge in [-0.1, -0.05) is 6.92 Å². The van der Waals surface area contributed by atoms with Crippen molar-refractivity contribution in [2.24, 2.45) is 5.92 Å². The molecular formula is C20H26N4O4. The van der Waals surface area contributed by atoms with Crippen LogP contribution in [0.3, 0.4) is 0 Å². The van der Waals surface area contributed by atoms with E-state index >= 15 is 0 Å². The van der Waals surface area contributed by atoms with Gasteiger partial charge in [0.15, 0.2) is 17.3 Å². The molecule has 2 aromatic rings. The fourth-order valence-corrected chi connectivity index (χ4v) is 2.70. The van der Waals surface area contributed by atoms with E-state index in [0.717, 1.165) is 13.0 Å². The van der Waals surface area contributed by atoms with E-state index in [1.54, 1.807) is 25.3 Å². The molecule has 1 aliphatic carbocycles. The van der Waals surface area contributed by atoms with Crippen molar-refractivity contribution >= 4 is 5.91 Å². The summed E-state index contributed by atoms with van der Waals surface area (Å²) in [6.07, 6.45) is 3.74. The average Bonchev–Trinajstić information content (AvgIpc) is 3.54. The number of rotatable bonds is 10. The molecule has 150 valence electrons. The number of benzene rings is 1. The number of hydrogen-bond acceptors (Lipinski definition) is 6. The van der Waals surface area contributed by atoms with Gasteiger partial charge in [-0.2, -0.15) is 0 Å². The van der Waals surface area contributed by atoms with Crippen LogP contribution in [0.4, 0.5) is 0 Å². The fraction of sp³-hybridized carbons (Fsp3) is 0.500. The van der Waals surface area contributed by atoms with Crippen molar-refractivity contribution in [3.05, 3.63) is 34.2 Å². The topological polar surface area (TPSA) is 106 Å². The van der Waals surface area contributed by atoms with Crippen LogP contribution in [-0.4, -0.2) is 41.3 Å². The molecule has 8 nitrogen and oxygen atoms in total. The van der Waals surface area contributed by atoms with Crippen LogP contribution in [0, 0.1) is 5.92 Å². The molecule has 0 bridgehead atoms. The first-order chi connectivity index (χ1) is 13.6. The SMILES string of the molecule is CCCOc1ccc(-c2nnc(CCC(=O)NCC3CC3)c(=O)[nH]2)cc1OC. The molecule has 1 amide bonds. The van der Waals surface area contributed by atoms with Crippen LogP contribution in [0.25, 0.3) is 11.4 Å². The maximum absolute atomic E-state index is 12.3. The molecule has 0 radical (unpaired) electrons. The summed E-state index contributed by atoms with van der Waals surface area (Å²) >= 11 is 0. The van der Waals surface area contributed by atoms with Crippen molar-refractivity contribution < 1.29 is 14.3 Å². The minimum atomic E-state index is -0.342. The second-order valence-electron chi connectivity index (χ2n) is 6.91. The lowest BCUT2D eigenvalue weighted by Crippen LogP contribution is -2.27. The Balaban J connectivity index is 1.65. The van der Waals surface area contributed by atoms with E-state index in [1.807, 2.05) is 6.92 Å². The summed E-state index contributed by atoms with van der Waals surface area (Å²) in [4.78, 5) is 26.9. The van der Waals surface area contributed by atoms with Crippen molar-refractivity contribution in [3.63, 3.8) is 0 Å². The molecule has 0 unspecified atom stereocenters. The van der Waals surface area contributed by atoms with Gasteiger partial charge in [-0.3, -0.25) is 9.59 Å². The van der Waals surface area contributed by atoms with Crippen LogP contribution in [0.5, 0.6) is 11.5 Å². The van der Waals surface area contributed by atoms with E-state index in [-0.39, 0.29) is 30.0 Å². The third-order valence-electron chi connectivity index (χ3n) is 4.54. The normalized spacial score (nSPS) is 13.2. The molecule has 0 aliphatic heterocycles. The molecule has 1 aliphatic rings. The zero-order valence-corrected chi connectivity index (χ0v) is 16.3. The Kier molecular flexibility index (Phi) is 6.62. The van der Waals surface area contributed by atoms with E-state index in [9.17, 15) is 9.59 Å². The average molecular weight is 386 g/mol. The Bertz CT molecular complexity index is 877. The monoisotopic (exact) mass is 386 g/mol. The number of aromatic amines is 1. The largest absolute Gasteiger partial charge is 0.493 e. The highest BCUT2D eigenvalue weighted by Crippen LogP contribution is 2.31. The molecule has 1 aromatic carbocycles. The van der Waals surface area contributed by atoms with Crippen LogP contribution in [0.15, 0.2) is 23.0 Å². The van der Waals surface area contributed by atoms with Crippen molar-refractivity contribution in [3.8, 4) is 22.9 Å². The predicted molar refractivity (Wildman–Crippen MR) is 104 cm³/mol. The molecule has 8 heteroatoms. The van der Waals surface area contributed by atoms with Crippen LogP contribution in [-0.2, 0) is 11.2 Å². The summed E-state index contributed by atoms with van der Waals surface area (Å²) < 4.78 is 11.0. The van der Waals surface area contributed by atoms with Gasteiger partial charge in [0.1, 0.15) is 5.69 Å². The number of nitrogens with zero attached hydrogens (tertiary/aromatic N) is 2. The van der Waals surface area contributed by atoms with Gasteiger partial charge in [0.2, 0.25) is 5.91 Å². The van der Waals surface area contributed by atoms with Gasteiger partial charge >= 0.3 is 0 Å². The molecule has 1 saturated carbocycles. The highest BCUT2D eigenvalue weighted by Gasteiger charge is 2.21. The van der Waals surface area contributed by atoms with Crippen molar-refractivity contribution in [2.75, 3.05) is 20.3 Å². The molecule has 2 N–H and O–H groups in total. The summed E-state index contributed by atoms with van der Waals surface area (Å²) in [5, 5.41) is 11.0. The van der Waals surface area contributed by atoms with Gasteiger partial charge in [-0.15, -0.1) is 10.2 Å².